The van der Waals surface area contributed by atoms with Crippen LogP contribution in [0, 0.1) is 0 Å². The molecule has 1 aromatic heterocycles. The van der Waals surface area contributed by atoms with Crippen LogP contribution in [0.2, 0.25) is 0 Å². The van der Waals surface area contributed by atoms with Gasteiger partial charge in [0.05, 0.1) is 11.2 Å². The molecule has 0 saturated carbocycles. The van der Waals surface area contributed by atoms with Crippen LogP contribution in [0.4, 0.5) is 0 Å². The third kappa shape index (κ3) is 5.98. The van der Waals surface area contributed by atoms with Crippen molar-refractivity contribution in [1.82, 2.24) is 4.98 Å². The maximum atomic E-state index is 5.26. The summed E-state index contributed by atoms with van der Waals surface area (Å²) >= 11 is 0. The van der Waals surface area contributed by atoms with E-state index in [0.29, 0.717) is 0 Å². The molecule has 2 heteroatoms. The summed E-state index contributed by atoms with van der Waals surface area (Å²) < 4.78 is 0. The lowest BCUT2D eigenvalue weighted by Crippen LogP contribution is -2.52. The van der Waals surface area contributed by atoms with Gasteiger partial charge in [-0.2, -0.15) is 0 Å². The van der Waals surface area contributed by atoms with Crippen LogP contribution < -0.4 is 16.4 Å². The summed E-state index contributed by atoms with van der Waals surface area (Å²) in [5, 5.41) is 11.4. The Labute approximate surface area is 336 Å². The molecule has 0 radical (unpaired) electrons. The average molecular weight is 732 g/mol. The van der Waals surface area contributed by atoms with Gasteiger partial charge in [0, 0.05) is 21.7 Å². The van der Waals surface area contributed by atoms with E-state index in [9.17, 15) is 0 Å². The molecule has 1 nitrogen and oxygen atoms in total. The van der Waals surface area contributed by atoms with Crippen LogP contribution in [0.15, 0.2) is 170 Å². The number of para-hydroxylation sites is 1. The van der Waals surface area contributed by atoms with E-state index >= 15 is 0 Å². The Balaban J connectivity index is 1.17. The zero-order chi connectivity index (χ0) is 39.1. The third-order valence-corrected chi connectivity index (χ3v) is 12.2. The number of benzene rings is 9. The standard InChI is InChI=1S/C55H46BN/c1-54(2,3)39-22-26-41(27-23-39)56(42-28-24-40(25-29-42)55(4,5)6)43-16-12-15-37(33-43)44-30-19-35-20-32-47-51-38(21-31-45(44)50(35)51)34-48-52(47)46-17-10-11-18-49(46)57-53(48)36-13-8-7-9-14-36/h7-34H,1-6H3. The predicted octanol–water partition coefficient (Wildman–Crippen LogP) is 12.7. The summed E-state index contributed by atoms with van der Waals surface area (Å²) in [7, 11) is 0. The van der Waals surface area contributed by atoms with Crippen molar-refractivity contribution in [3.05, 3.63) is 181 Å². The first-order valence-corrected chi connectivity index (χ1v) is 20.3. The Morgan fingerprint density at radius 1 is 0.386 bits per heavy atom. The fourth-order valence-electron chi connectivity index (χ4n) is 9.20. The van der Waals surface area contributed by atoms with Crippen molar-refractivity contribution < 1.29 is 0 Å². The van der Waals surface area contributed by atoms with E-state index in [-0.39, 0.29) is 17.5 Å². The lowest BCUT2D eigenvalue weighted by Gasteiger charge is -2.23. The van der Waals surface area contributed by atoms with Crippen LogP contribution >= 0.6 is 0 Å². The molecule has 0 unspecified atom stereocenters. The Hall–Kier alpha value is -6.25. The normalized spacial score (nSPS) is 12.4. The fraction of sp³-hybridized carbons (Fsp3) is 0.145. The highest BCUT2D eigenvalue weighted by molar-refractivity contribution is 6.95. The highest BCUT2D eigenvalue weighted by atomic mass is 14.7. The van der Waals surface area contributed by atoms with Gasteiger partial charge < -0.3 is 0 Å². The maximum Gasteiger partial charge on any atom is 0.241 e. The van der Waals surface area contributed by atoms with Crippen LogP contribution in [-0.2, 0) is 10.8 Å². The van der Waals surface area contributed by atoms with Gasteiger partial charge in [-0.15, -0.1) is 0 Å². The van der Waals surface area contributed by atoms with E-state index in [4.69, 9.17) is 4.98 Å². The molecule has 57 heavy (non-hydrogen) atoms. The Kier molecular flexibility index (Phi) is 8.13. The van der Waals surface area contributed by atoms with Crippen molar-refractivity contribution in [3.8, 4) is 22.4 Å². The Bertz CT molecular complexity index is 3050. The predicted molar refractivity (Wildman–Crippen MR) is 249 cm³/mol. The van der Waals surface area contributed by atoms with Gasteiger partial charge in [0.15, 0.2) is 0 Å². The van der Waals surface area contributed by atoms with Crippen LogP contribution in [0.3, 0.4) is 0 Å². The molecule has 0 aliphatic rings. The van der Waals surface area contributed by atoms with E-state index in [1.54, 1.807) is 0 Å². The summed E-state index contributed by atoms with van der Waals surface area (Å²) in [5.74, 6) is 0. The Morgan fingerprint density at radius 2 is 0.965 bits per heavy atom. The molecule has 1 heterocycles. The minimum absolute atomic E-state index is 0.0950. The third-order valence-electron chi connectivity index (χ3n) is 12.2. The van der Waals surface area contributed by atoms with Gasteiger partial charge in [-0.05, 0) is 77.5 Å². The van der Waals surface area contributed by atoms with Gasteiger partial charge >= 0.3 is 0 Å². The quantitative estimate of drug-likeness (QED) is 0.0976. The van der Waals surface area contributed by atoms with Crippen LogP contribution in [0.1, 0.15) is 52.7 Å². The van der Waals surface area contributed by atoms with Crippen molar-refractivity contribution in [3.63, 3.8) is 0 Å². The first kappa shape index (κ1) is 35.2. The number of hydrogen-bond acceptors (Lipinski definition) is 1. The monoisotopic (exact) mass is 731 g/mol. The number of fused-ring (bicyclic) bond motifs is 4. The second-order valence-electron chi connectivity index (χ2n) is 18.0. The van der Waals surface area contributed by atoms with Gasteiger partial charge in [-0.1, -0.05) is 216 Å². The van der Waals surface area contributed by atoms with Gasteiger partial charge in [-0.25, -0.2) is 4.98 Å². The molecule has 10 rings (SSSR count). The number of hydrogen-bond donors (Lipinski definition) is 0. The molecule has 0 fully saturated rings. The number of rotatable bonds is 5. The van der Waals surface area contributed by atoms with E-state index < -0.39 is 0 Å². The lowest BCUT2D eigenvalue weighted by atomic mass is 9.36. The molecule has 0 amide bonds. The lowest BCUT2D eigenvalue weighted by molar-refractivity contribution is 0.590. The van der Waals surface area contributed by atoms with Crippen molar-refractivity contribution in [1.29, 1.82) is 0 Å². The first-order chi connectivity index (χ1) is 27.5. The smallest absolute Gasteiger partial charge is 0.241 e. The average Bonchev–Trinajstić information content (AvgIpc) is 3.22. The number of pyridine rings is 1. The summed E-state index contributed by atoms with van der Waals surface area (Å²) in [6, 6.07) is 63.6. The van der Waals surface area contributed by atoms with Gasteiger partial charge in [-0.3, -0.25) is 0 Å². The van der Waals surface area contributed by atoms with Gasteiger partial charge in [0.1, 0.15) is 0 Å². The summed E-state index contributed by atoms with van der Waals surface area (Å²) in [6.45, 7) is 13.8. The van der Waals surface area contributed by atoms with Crippen molar-refractivity contribution in [2.75, 3.05) is 0 Å². The summed E-state index contributed by atoms with van der Waals surface area (Å²) in [6.07, 6.45) is 0. The minimum atomic E-state index is 0.0950. The number of nitrogens with zero attached hydrogens (tertiary/aromatic N) is 1. The molecule has 0 aliphatic carbocycles. The second kappa shape index (κ2) is 13.2. The SMILES string of the molecule is CC(C)(C)c1ccc(B(c2ccc(C(C)(C)C)cc2)c2cccc(-c3ccc4ccc5c6c(cc7ccc3c4c75)c(-c3ccccc3)nc3ccccc36)c2)cc1. The molecular formula is C55H46BN. The van der Waals surface area contributed by atoms with Crippen molar-refractivity contribution >= 4 is 77.1 Å². The molecule has 0 atom stereocenters. The van der Waals surface area contributed by atoms with Crippen LogP contribution in [-0.4, -0.2) is 11.7 Å². The van der Waals surface area contributed by atoms with E-state index in [0.717, 1.165) is 16.8 Å². The molecule has 0 N–H and O–H groups in total. The molecule has 0 bridgehead atoms. The molecule has 9 aromatic carbocycles. The van der Waals surface area contributed by atoms with Crippen molar-refractivity contribution in [2.45, 2.75) is 52.4 Å². The second-order valence-corrected chi connectivity index (χ2v) is 18.0. The maximum absolute atomic E-state index is 5.26. The largest absolute Gasteiger partial charge is 0.247 e. The van der Waals surface area contributed by atoms with E-state index in [1.165, 1.54) is 87.1 Å². The zero-order valence-corrected chi connectivity index (χ0v) is 33.7. The first-order valence-electron chi connectivity index (χ1n) is 20.3. The number of aromatic nitrogens is 1. The van der Waals surface area contributed by atoms with E-state index in [2.05, 4.69) is 211 Å². The molecule has 0 spiro atoms. The zero-order valence-electron chi connectivity index (χ0n) is 33.7. The Morgan fingerprint density at radius 3 is 1.65 bits per heavy atom. The highest BCUT2D eigenvalue weighted by Crippen LogP contribution is 2.45. The van der Waals surface area contributed by atoms with E-state index in [1.807, 2.05) is 0 Å². The molecule has 0 aliphatic heterocycles. The van der Waals surface area contributed by atoms with Crippen LogP contribution in [0.25, 0.3) is 76.4 Å². The minimum Gasteiger partial charge on any atom is -0.247 e. The summed E-state index contributed by atoms with van der Waals surface area (Å²) in [4.78, 5) is 5.26. The molecule has 0 saturated heterocycles. The molecule has 274 valence electrons. The fourth-order valence-corrected chi connectivity index (χ4v) is 9.20. The highest BCUT2D eigenvalue weighted by Gasteiger charge is 2.25. The molecular weight excluding hydrogens is 685 g/mol. The van der Waals surface area contributed by atoms with Gasteiger partial charge in [0.25, 0.3) is 0 Å². The topological polar surface area (TPSA) is 12.9 Å². The molecule has 10 aromatic rings. The van der Waals surface area contributed by atoms with Crippen molar-refractivity contribution in [2.24, 2.45) is 0 Å². The van der Waals surface area contributed by atoms with Gasteiger partial charge in [0.2, 0.25) is 6.71 Å². The summed E-state index contributed by atoms with van der Waals surface area (Å²) in [5.41, 5.74) is 12.5. The van der Waals surface area contributed by atoms with Crippen LogP contribution in [0.5, 0.6) is 0 Å².